The van der Waals surface area contributed by atoms with E-state index in [0.29, 0.717) is 11.3 Å². The number of unbranched alkanes of at least 4 members (excludes halogenated alkanes) is 1. The van der Waals surface area contributed by atoms with Crippen LogP contribution in [0.4, 0.5) is 0 Å². The average molecular weight is 257 g/mol. The summed E-state index contributed by atoms with van der Waals surface area (Å²) in [6, 6.07) is 0. The number of hydrogen-bond acceptors (Lipinski definition) is 2. The van der Waals surface area contributed by atoms with E-state index in [4.69, 9.17) is 4.74 Å². The molecule has 0 aliphatic heterocycles. The molecule has 1 unspecified atom stereocenters. The van der Waals surface area contributed by atoms with Crippen LogP contribution in [-0.2, 0) is 4.74 Å². The minimum Gasteiger partial charge on any atom is -0.381 e. The molecule has 1 N–H and O–H groups in total. The fourth-order valence-electron chi connectivity index (χ4n) is 1.96. The van der Waals surface area contributed by atoms with Crippen molar-refractivity contribution in [3.8, 4) is 0 Å². The Labute approximate surface area is 115 Å². The van der Waals surface area contributed by atoms with Gasteiger partial charge in [-0.15, -0.1) is 0 Å². The van der Waals surface area contributed by atoms with Crippen molar-refractivity contribution in [2.75, 3.05) is 26.3 Å². The Hall–Kier alpha value is -0.0800. The van der Waals surface area contributed by atoms with E-state index < -0.39 is 0 Å². The fraction of sp³-hybridized carbons (Fsp3) is 1.00. The molecule has 0 fully saturated rings. The molecule has 0 amide bonds. The van der Waals surface area contributed by atoms with Crippen molar-refractivity contribution in [1.29, 1.82) is 0 Å². The van der Waals surface area contributed by atoms with Crippen molar-refractivity contribution in [2.45, 2.75) is 60.8 Å². The lowest BCUT2D eigenvalue weighted by molar-refractivity contribution is 0.0943. The van der Waals surface area contributed by atoms with Crippen LogP contribution < -0.4 is 5.32 Å². The third kappa shape index (κ3) is 9.90. The molecular formula is C16H35NO. The Balaban J connectivity index is 3.86. The second-order valence-electron chi connectivity index (χ2n) is 6.87. The van der Waals surface area contributed by atoms with Gasteiger partial charge in [0.05, 0.1) is 0 Å². The largest absolute Gasteiger partial charge is 0.381 e. The van der Waals surface area contributed by atoms with Gasteiger partial charge < -0.3 is 10.1 Å². The summed E-state index contributed by atoms with van der Waals surface area (Å²) in [4.78, 5) is 0. The number of rotatable bonds is 10. The molecule has 2 heteroatoms. The third-order valence-corrected chi connectivity index (χ3v) is 3.42. The molecule has 110 valence electrons. The van der Waals surface area contributed by atoms with Crippen LogP contribution in [0.2, 0.25) is 0 Å². The maximum atomic E-state index is 5.70. The molecule has 0 heterocycles. The normalized spacial score (nSPS) is 14.2. The zero-order valence-corrected chi connectivity index (χ0v) is 13.5. The molecule has 2 nitrogen and oxygen atoms in total. The van der Waals surface area contributed by atoms with Crippen molar-refractivity contribution in [3.63, 3.8) is 0 Å². The average Bonchev–Trinajstić information content (AvgIpc) is 2.24. The maximum Gasteiger partial charge on any atom is 0.0469 e. The monoisotopic (exact) mass is 257 g/mol. The Bertz CT molecular complexity index is 184. The molecule has 0 rings (SSSR count). The van der Waals surface area contributed by atoms with E-state index in [1.165, 1.54) is 12.8 Å². The lowest BCUT2D eigenvalue weighted by Gasteiger charge is -2.31. The van der Waals surface area contributed by atoms with Crippen LogP contribution in [0.25, 0.3) is 0 Å². The van der Waals surface area contributed by atoms with Gasteiger partial charge in [-0.1, -0.05) is 48.0 Å². The highest BCUT2D eigenvalue weighted by molar-refractivity contribution is 4.76. The zero-order valence-electron chi connectivity index (χ0n) is 13.5. The summed E-state index contributed by atoms with van der Waals surface area (Å²) in [5.41, 5.74) is 0.359. The van der Waals surface area contributed by atoms with Crippen molar-refractivity contribution >= 4 is 0 Å². The summed E-state index contributed by atoms with van der Waals surface area (Å²) in [5.74, 6) is 1.42. The second kappa shape index (κ2) is 9.80. The SMILES string of the molecule is CCCCOCCC(CNCC(C)C)C(C)(C)C. The summed E-state index contributed by atoms with van der Waals surface area (Å²) in [6.07, 6.45) is 3.57. The molecule has 0 radical (unpaired) electrons. The molecule has 0 saturated carbocycles. The van der Waals surface area contributed by atoms with Crippen LogP contribution in [0, 0.1) is 17.3 Å². The number of ether oxygens (including phenoxy) is 1. The van der Waals surface area contributed by atoms with Gasteiger partial charge in [0.2, 0.25) is 0 Å². The molecule has 0 aromatic rings. The van der Waals surface area contributed by atoms with E-state index in [2.05, 4.69) is 46.9 Å². The molecule has 0 aliphatic carbocycles. The second-order valence-corrected chi connectivity index (χ2v) is 6.87. The van der Waals surface area contributed by atoms with Gasteiger partial charge in [0.1, 0.15) is 0 Å². The third-order valence-electron chi connectivity index (χ3n) is 3.42. The summed E-state index contributed by atoms with van der Waals surface area (Å²) < 4.78 is 5.70. The molecular weight excluding hydrogens is 222 g/mol. The summed E-state index contributed by atoms with van der Waals surface area (Å²) in [5, 5.41) is 3.59. The van der Waals surface area contributed by atoms with E-state index in [1.807, 2.05) is 0 Å². The van der Waals surface area contributed by atoms with E-state index in [9.17, 15) is 0 Å². The molecule has 0 aromatic heterocycles. The predicted octanol–water partition coefficient (Wildman–Crippen LogP) is 4.10. The van der Waals surface area contributed by atoms with Gasteiger partial charge in [0.15, 0.2) is 0 Å². The number of hydrogen-bond donors (Lipinski definition) is 1. The van der Waals surface area contributed by atoms with Crippen LogP contribution in [0.5, 0.6) is 0 Å². The molecule has 1 atom stereocenters. The Morgan fingerprint density at radius 2 is 1.72 bits per heavy atom. The van der Waals surface area contributed by atoms with Crippen LogP contribution in [0.3, 0.4) is 0 Å². The predicted molar refractivity (Wildman–Crippen MR) is 81.0 cm³/mol. The molecule has 0 spiro atoms. The quantitative estimate of drug-likeness (QED) is 0.595. The molecule has 0 bridgehead atoms. The van der Waals surface area contributed by atoms with Crippen molar-refractivity contribution in [2.24, 2.45) is 17.3 Å². The summed E-state index contributed by atoms with van der Waals surface area (Å²) >= 11 is 0. The van der Waals surface area contributed by atoms with Gasteiger partial charge in [-0.05, 0) is 43.2 Å². The van der Waals surface area contributed by atoms with Crippen molar-refractivity contribution < 1.29 is 4.74 Å². The Kier molecular flexibility index (Phi) is 9.76. The minimum absolute atomic E-state index is 0.359. The fourth-order valence-corrected chi connectivity index (χ4v) is 1.96. The Morgan fingerprint density at radius 1 is 1.06 bits per heavy atom. The van der Waals surface area contributed by atoms with Crippen LogP contribution in [-0.4, -0.2) is 26.3 Å². The van der Waals surface area contributed by atoms with Gasteiger partial charge in [-0.3, -0.25) is 0 Å². The first kappa shape index (κ1) is 17.9. The molecule has 0 saturated heterocycles. The Morgan fingerprint density at radius 3 is 2.22 bits per heavy atom. The van der Waals surface area contributed by atoms with Gasteiger partial charge in [-0.2, -0.15) is 0 Å². The highest BCUT2D eigenvalue weighted by atomic mass is 16.5. The molecule has 0 aliphatic rings. The highest BCUT2D eigenvalue weighted by Gasteiger charge is 2.23. The van der Waals surface area contributed by atoms with E-state index in [0.717, 1.165) is 38.6 Å². The van der Waals surface area contributed by atoms with Crippen LogP contribution >= 0.6 is 0 Å². The van der Waals surface area contributed by atoms with Gasteiger partial charge in [0, 0.05) is 13.2 Å². The highest BCUT2D eigenvalue weighted by Crippen LogP contribution is 2.28. The van der Waals surface area contributed by atoms with Gasteiger partial charge >= 0.3 is 0 Å². The topological polar surface area (TPSA) is 21.3 Å². The first-order chi connectivity index (χ1) is 8.38. The standard InChI is InChI=1S/C16H35NO/c1-7-8-10-18-11-9-15(16(4,5)6)13-17-12-14(2)3/h14-15,17H,7-13H2,1-6H3. The van der Waals surface area contributed by atoms with E-state index >= 15 is 0 Å². The maximum absolute atomic E-state index is 5.70. The summed E-state index contributed by atoms with van der Waals surface area (Å²) in [6.45, 7) is 17.8. The zero-order chi connectivity index (χ0) is 14.0. The van der Waals surface area contributed by atoms with Crippen molar-refractivity contribution in [3.05, 3.63) is 0 Å². The van der Waals surface area contributed by atoms with E-state index in [-0.39, 0.29) is 0 Å². The summed E-state index contributed by atoms with van der Waals surface area (Å²) in [7, 11) is 0. The molecule has 0 aromatic carbocycles. The number of nitrogens with one attached hydrogen (secondary N) is 1. The first-order valence-corrected chi connectivity index (χ1v) is 7.66. The first-order valence-electron chi connectivity index (χ1n) is 7.66. The lowest BCUT2D eigenvalue weighted by atomic mass is 9.79. The molecule has 18 heavy (non-hydrogen) atoms. The van der Waals surface area contributed by atoms with Gasteiger partial charge in [0.25, 0.3) is 0 Å². The lowest BCUT2D eigenvalue weighted by Crippen LogP contribution is -2.34. The van der Waals surface area contributed by atoms with Crippen LogP contribution in [0.1, 0.15) is 60.8 Å². The van der Waals surface area contributed by atoms with Crippen LogP contribution in [0.15, 0.2) is 0 Å². The van der Waals surface area contributed by atoms with E-state index in [1.54, 1.807) is 0 Å². The minimum atomic E-state index is 0.359. The van der Waals surface area contributed by atoms with Crippen molar-refractivity contribution in [1.82, 2.24) is 5.32 Å². The smallest absolute Gasteiger partial charge is 0.0469 e. The van der Waals surface area contributed by atoms with Gasteiger partial charge in [-0.25, -0.2) is 0 Å².